The summed E-state index contributed by atoms with van der Waals surface area (Å²) in [6.07, 6.45) is 5.22. The number of aliphatic hydroxyl groups is 1. The Morgan fingerprint density at radius 2 is 2.00 bits per heavy atom. The molecule has 0 spiro atoms. The Morgan fingerprint density at radius 1 is 1.16 bits per heavy atom. The number of benzene rings is 1. The zero-order chi connectivity index (χ0) is 17.5. The first-order valence-corrected chi connectivity index (χ1v) is 9.02. The van der Waals surface area contributed by atoms with Gasteiger partial charge in [-0.05, 0) is 49.8 Å². The van der Waals surface area contributed by atoms with E-state index in [4.69, 9.17) is 5.26 Å². The van der Waals surface area contributed by atoms with Crippen molar-refractivity contribution >= 4 is 5.82 Å². The summed E-state index contributed by atoms with van der Waals surface area (Å²) in [6.45, 7) is 1.94. The van der Waals surface area contributed by atoms with Crippen LogP contribution >= 0.6 is 0 Å². The summed E-state index contributed by atoms with van der Waals surface area (Å²) in [4.78, 5) is 6.65. The number of aryl methyl sites for hydroxylation is 1. The SMILES string of the molecule is N#Cc1cccc(N2CCC[C@@](CO)(CCCc3ccccc3)C2)n1. The van der Waals surface area contributed by atoms with Gasteiger partial charge < -0.3 is 10.0 Å². The summed E-state index contributed by atoms with van der Waals surface area (Å²) >= 11 is 0. The average molecular weight is 335 g/mol. The summed E-state index contributed by atoms with van der Waals surface area (Å²) in [5.74, 6) is 0.847. The largest absolute Gasteiger partial charge is 0.396 e. The van der Waals surface area contributed by atoms with E-state index >= 15 is 0 Å². The van der Waals surface area contributed by atoms with Crippen LogP contribution in [0.2, 0.25) is 0 Å². The van der Waals surface area contributed by atoms with Gasteiger partial charge in [-0.25, -0.2) is 4.98 Å². The molecule has 4 nitrogen and oxygen atoms in total. The first-order chi connectivity index (χ1) is 12.2. The molecule has 1 saturated heterocycles. The number of anilines is 1. The molecule has 2 heterocycles. The maximum atomic E-state index is 10.1. The van der Waals surface area contributed by atoms with Gasteiger partial charge >= 0.3 is 0 Å². The van der Waals surface area contributed by atoms with Crippen molar-refractivity contribution in [1.29, 1.82) is 5.26 Å². The fourth-order valence-electron chi connectivity index (χ4n) is 3.79. The van der Waals surface area contributed by atoms with Crippen LogP contribution in [0.5, 0.6) is 0 Å². The number of nitrogens with zero attached hydrogens (tertiary/aromatic N) is 3. The van der Waals surface area contributed by atoms with Crippen molar-refractivity contribution in [3.05, 3.63) is 59.8 Å². The molecule has 3 rings (SSSR count). The van der Waals surface area contributed by atoms with E-state index < -0.39 is 0 Å². The smallest absolute Gasteiger partial charge is 0.142 e. The summed E-state index contributed by atoms with van der Waals surface area (Å²) in [5, 5.41) is 19.2. The molecular weight excluding hydrogens is 310 g/mol. The molecule has 25 heavy (non-hydrogen) atoms. The fourth-order valence-corrected chi connectivity index (χ4v) is 3.79. The maximum absolute atomic E-state index is 10.1. The molecule has 0 unspecified atom stereocenters. The van der Waals surface area contributed by atoms with Crippen LogP contribution in [0.15, 0.2) is 48.5 Å². The monoisotopic (exact) mass is 335 g/mol. The number of hydrogen-bond acceptors (Lipinski definition) is 4. The van der Waals surface area contributed by atoms with Crippen LogP contribution in [0.1, 0.15) is 36.9 Å². The molecule has 2 aromatic rings. The molecule has 1 aromatic heterocycles. The number of hydrogen-bond donors (Lipinski definition) is 1. The summed E-state index contributed by atoms with van der Waals surface area (Å²) in [5.41, 5.74) is 1.73. The third-order valence-corrected chi connectivity index (χ3v) is 5.19. The standard InChI is InChI=1S/C21H25N3O/c22-15-19-10-4-11-20(23-19)24-14-6-13-21(16-24,17-25)12-5-9-18-7-2-1-3-8-18/h1-4,7-8,10-11,25H,5-6,9,12-14,16-17H2/t21-/m0/s1. The molecule has 0 saturated carbocycles. The van der Waals surface area contributed by atoms with Crippen molar-refractivity contribution in [2.24, 2.45) is 5.41 Å². The van der Waals surface area contributed by atoms with E-state index in [0.29, 0.717) is 5.69 Å². The molecule has 4 heteroatoms. The van der Waals surface area contributed by atoms with E-state index in [-0.39, 0.29) is 12.0 Å². The molecule has 1 aliphatic heterocycles. The molecule has 130 valence electrons. The van der Waals surface area contributed by atoms with Crippen LogP contribution in [0.25, 0.3) is 0 Å². The Labute approximate surface area is 149 Å². The molecule has 1 fully saturated rings. The molecule has 0 radical (unpaired) electrons. The Kier molecular flexibility index (Phi) is 5.67. The van der Waals surface area contributed by atoms with Crippen LogP contribution in [-0.2, 0) is 6.42 Å². The molecule has 1 N–H and O–H groups in total. The molecule has 0 bridgehead atoms. The van der Waals surface area contributed by atoms with E-state index in [9.17, 15) is 5.11 Å². The molecule has 1 aromatic carbocycles. The second-order valence-corrected chi connectivity index (χ2v) is 7.02. The van der Waals surface area contributed by atoms with E-state index in [2.05, 4.69) is 40.2 Å². The van der Waals surface area contributed by atoms with Crippen molar-refractivity contribution in [2.45, 2.75) is 32.1 Å². The summed E-state index contributed by atoms with van der Waals surface area (Å²) < 4.78 is 0. The first kappa shape index (κ1) is 17.4. The van der Waals surface area contributed by atoms with Crippen LogP contribution in [0, 0.1) is 16.7 Å². The first-order valence-electron chi connectivity index (χ1n) is 9.02. The van der Waals surface area contributed by atoms with E-state index in [1.807, 2.05) is 18.2 Å². The van der Waals surface area contributed by atoms with Crippen LogP contribution in [0.3, 0.4) is 0 Å². The van der Waals surface area contributed by atoms with Crippen LogP contribution in [-0.4, -0.2) is 29.8 Å². The van der Waals surface area contributed by atoms with Crippen molar-refractivity contribution in [1.82, 2.24) is 4.98 Å². The lowest BCUT2D eigenvalue weighted by molar-refractivity contribution is 0.0939. The van der Waals surface area contributed by atoms with Gasteiger partial charge in [-0.2, -0.15) is 5.26 Å². The van der Waals surface area contributed by atoms with Crippen molar-refractivity contribution < 1.29 is 5.11 Å². The van der Waals surface area contributed by atoms with Gasteiger partial charge in [0, 0.05) is 18.5 Å². The highest BCUT2D eigenvalue weighted by molar-refractivity contribution is 5.42. The number of pyridine rings is 1. The third kappa shape index (κ3) is 4.37. The Hall–Kier alpha value is -2.38. The molecule has 0 amide bonds. The predicted molar refractivity (Wildman–Crippen MR) is 99.3 cm³/mol. The molecule has 1 aliphatic rings. The normalized spacial score (nSPS) is 20.2. The van der Waals surface area contributed by atoms with Crippen molar-refractivity contribution in [2.75, 3.05) is 24.6 Å². The van der Waals surface area contributed by atoms with Gasteiger partial charge in [-0.15, -0.1) is 0 Å². The fraction of sp³-hybridized carbons (Fsp3) is 0.429. The van der Waals surface area contributed by atoms with Crippen molar-refractivity contribution in [3.8, 4) is 6.07 Å². The third-order valence-electron chi connectivity index (χ3n) is 5.19. The minimum Gasteiger partial charge on any atom is -0.396 e. The number of aromatic nitrogens is 1. The number of piperidine rings is 1. The van der Waals surface area contributed by atoms with Gasteiger partial charge in [0.1, 0.15) is 17.6 Å². The average Bonchev–Trinajstić information content (AvgIpc) is 2.69. The number of rotatable bonds is 6. The second kappa shape index (κ2) is 8.13. The highest BCUT2D eigenvalue weighted by Gasteiger charge is 2.35. The van der Waals surface area contributed by atoms with Gasteiger partial charge in [0.15, 0.2) is 0 Å². The quantitative estimate of drug-likeness (QED) is 0.877. The van der Waals surface area contributed by atoms with E-state index in [1.54, 1.807) is 6.07 Å². The lowest BCUT2D eigenvalue weighted by Crippen LogP contribution is -2.46. The maximum Gasteiger partial charge on any atom is 0.142 e. The molecule has 0 aliphatic carbocycles. The summed E-state index contributed by atoms with van der Waals surface area (Å²) in [6, 6.07) is 18.2. The zero-order valence-electron chi connectivity index (χ0n) is 14.6. The second-order valence-electron chi connectivity index (χ2n) is 7.02. The Bertz CT molecular complexity index is 725. The topological polar surface area (TPSA) is 60.2 Å². The molecule has 1 atom stereocenters. The van der Waals surface area contributed by atoms with Gasteiger partial charge in [-0.1, -0.05) is 36.4 Å². The number of nitriles is 1. The lowest BCUT2D eigenvalue weighted by Gasteiger charge is -2.42. The van der Waals surface area contributed by atoms with Gasteiger partial charge in [-0.3, -0.25) is 0 Å². The summed E-state index contributed by atoms with van der Waals surface area (Å²) in [7, 11) is 0. The highest BCUT2D eigenvalue weighted by Crippen LogP contribution is 2.36. The van der Waals surface area contributed by atoms with Crippen LogP contribution in [0.4, 0.5) is 5.82 Å². The Morgan fingerprint density at radius 3 is 2.76 bits per heavy atom. The lowest BCUT2D eigenvalue weighted by atomic mass is 9.76. The molecular formula is C21H25N3O. The van der Waals surface area contributed by atoms with E-state index in [0.717, 1.165) is 51.0 Å². The van der Waals surface area contributed by atoms with Gasteiger partial charge in [0.2, 0.25) is 0 Å². The van der Waals surface area contributed by atoms with Gasteiger partial charge in [0.25, 0.3) is 0 Å². The van der Waals surface area contributed by atoms with Crippen LogP contribution < -0.4 is 4.90 Å². The zero-order valence-corrected chi connectivity index (χ0v) is 14.6. The minimum atomic E-state index is -0.0721. The Balaban J connectivity index is 1.65. The highest BCUT2D eigenvalue weighted by atomic mass is 16.3. The van der Waals surface area contributed by atoms with E-state index in [1.165, 1.54) is 5.56 Å². The van der Waals surface area contributed by atoms with Gasteiger partial charge in [0.05, 0.1) is 6.61 Å². The van der Waals surface area contributed by atoms with Crippen molar-refractivity contribution in [3.63, 3.8) is 0 Å². The number of aliphatic hydroxyl groups excluding tert-OH is 1. The predicted octanol–water partition coefficient (Wildman–Crippen LogP) is 3.56. The minimum absolute atomic E-state index is 0.0721.